The van der Waals surface area contributed by atoms with Crippen molar-refractivity contribution >= 4 is 5.78 Å². The molecule has 0 amide bonds. The van der Waals surface area contributed by atoms with E-state index in [9.17, 15) is 4.79 Å². The molecule has 1 aliphatic rings. The molecule has 11 heavy (non-hydrogen) atoms. The van der Waals surface area contributed by atoms with Gasteiger partial charge in [-0.25, -0.2) is 0 Å². The van der Waals surface area contributed by atoms with Crippen molar-refractivity contribution in [3.63, 3.8) is 0 Å². The van der Waals surface area contributed by atoms with Gasteiger partial charge in [-0.3, -0.25) is 4.79 Å². The molecule has 0 radical (unpaired) electrons. The molecule has 0 aromatic rings. The van der Waals surface area contributed by atoms with Gasteiger partial charge in [-0.05, 0) is 12.8 Å². The fourth-order valence-electron chi connectivity index (χ4n) is 1.32. The van der Waals surface area contributed by atoms with Gasteiger partial charge in [0, 0.05) is 24.8 Å². The molecule has 0 aromatic carbocycles. The standard InChI is InChI=1S/C9H13NO/c1-2-3-4-9(11)7-5-8(10)6-7/h1,7-8H,3-6,10H2. The second-order valence-electron chi connectivity index (χ2n) is 3.10. The summed E-state index contributed by atoms with van der Waals surface area (Å²) in [5.41, 5.74) is 5.54. The van der Waals surface area contributed by atoms with Crippen molar-refractivity contribution in [1.82, 2.24) is 0 Å². The monoisotopic (exact) mass is 151 g/mol. The molecule has 0 unspecified atom stereocenters. The highest BCUT2D eigenvalue weighted by Crippen LogP contribution is 2.27. The van der Waals surface area contributed by atoms with E-state index in [2.05, 4.69) is 5.92 Å². The Hall–Kier alpha value is -0.810. The molecule has 0 atom stereocenters. The van der Waals surface area contributed by atoms with Gasteiger partial charge in [0.25, 0.3) is 0 Å². The molecule has 1 aliphatic carbocycles. The summed E-state index contributed by atoms with van der Waals surface area (Å²) >= 11 is 0. The van der Waals surface area contributed by atoms with E-state index in [0.29, 0.717) is 18.6 Å². The predicted molar refractivity (Wildman–Crippen MR) is 43.8 cm³/mol. The number of Topliss-reactive ketones (excluding diaryl/α,β-unsaturated/α-hetero) is 1. The molecule has 0 heterocycles. The maximum absolute atomic E-state index is 11.2. The fraction of sp³-hybridized carbons (Fsp3) is 0.667. The Morgan fingerprint density at radius 1 is 1.64 bits per heavy atom. The zero-order valence-corrected chi connectivity index (χ0v) is 6.55. The minimum absolute atomic E-state index is 0.221. The van der Waals surface area contributed by atoms with Crippen LogP contribution >= 0.6 is 0 Å². The summed E-state index contributed by atoms with van der Waals surface area (Å²) in [5, 5.41) is 0. The molecule has 1 fully saturated rings. The second-order valence-corrected chi connectivity index (χ2v) is 3.10. The van der Waals surface area contributed by atoms with Gasteiger partial charge in [0.2, 0.25) is 0 Å². The maximum atomic E-state index is 11.2. The Kier molecular flexibility index (Phi) is 2.67. The SMILES string of the molecule is C#CCCC(=O)C1CC(N)C1. The van der Waals surface area contributed by atoms with Gasteiger partial charge in [0.1, 0.15) is 5.78 Å². The van der Waals surface area contributed by atoms with Crippen LogP contribution in [0.25, 0.3) is 0 Å². The smallest absolute Gasteiger partial charge is 0.137 e. The summed E-state index contributed by atoms with van der Waals surface area (Å²) in [6.45, 7) is 0. The third kappa shape index (κ3) is 2.06. The lowest BCUT2D eigenvalue weighted by atomic mass is 9.77. The number of rotatable bonds is 3. The Labute approximate surface area is 67.2 Å². The summed E-state index contributed by atoms with van der Waals surface area (Å²) in [4.78, 5) is 11.2. The molecule has 0 bridgehead atoms. The number of terminal acetylenes is 1. The molecule has 1 rings (SSSR count). The van der Waals surface area contributed by atoms with E-state index in [0.717, 1.165) is 12.8 Å². The van der Waals surface area contributed by atoms with Crippen LogP contribution < -0.4 is 5.73 Å². The largest absolute Gasteiger partial charge is 0.328 e. The topological polar surface area (TPSA) is 43.1 Å². The Balaban J connectivity index is 2.17. The molecule has 0 spiro atoms. The summed E-state index contributed by atoms with van der Waals surface area (Å²) in [5.74, 6) is 2.98. The van der Waals surface area contributed by atoms with Crippen LogP contribution in [0, 0.1) is 18.3 Å². The van der Waals surface area contributed by atoms with Gasteiger partial charge >= 0.3 is 0 Å². The number of carbonyl (C=O) groups is 1. The first-order valence-electron chi connectivity index (χ1n) is 3.95. The molecule has 0 aliphatic heterocycles. The number of hydrogen-bond acceptors (Lipinski definition) is 2. The van der Waals surface area contributed by atoms with Crippen molar-refractivity contribution in [3.05, 3.63) is 0 Å². The van der Waals surface area contributed by atoms with Crippen molar-refractivity contribution in [2.45, 2.75) is 31.7 Å². The molecule has 2 nitrogen and oxygen atoms in total. The lowest BCUT2D eigenvalue weighted by Gasteiger charge is -2.30. The number of nitrogens with two attached hydrogens (primary N) is 1. The quantitative estimate of drug-likeness (QED) is 0.603. The van der Waals surface area contributed by atoms with Crippen LogP contribution in [0.15, 0.2) is 0 Å². The highest BCUT2D eigenvalue weighted by molar-refractivity contribution is 5.82. The molecule has 0 aromatic heterocycles. The molecule has 2 N–H and O–H groups in total. The first kappa shape index (κ1) is 8.29. The first-order valence-corrected chi connectivity index (χ1v) is 3.95. The lowest BCUT2D eigenvalue weighted by molar-refractivity contribution is -0.125. The van der Waals surface area contributed by atoms with Crippen molar-refractivity contribution in [2.75, 3.05) is 0 Å². The van der Waals surface area contributed by atoms with Gasteiger partial charge in [-0.1, -0.05) is 0 Å². The minimum atomic E-state index is 0.221. The molecule has 2 heteroatoms. The van der Waals surface area contributed by atoms with Crippen LogP contribution in [0.3, 0.4) is 0 Å². The van der Waals surface area contributed by atoms with Crippen molar-refractivity contribution in [1.29, 1.82) is 0 Å². The predicted octanol–water partition coefficient (Wildman–Crippen LogP) is 0.706. The summed E-state index contributed by atoms with van der Waals surface area (Å²) in [7, 11) is 0. The fourth-order valence-corrected chi connectivity index (χ4v) is 1.32. The second kappa shape index (κ2) is 3.54. The van der Waals surface area contributed by atoms with E-state index in [1.54, 1.807) is 0 Å². The highest BCUT2D eigenvalue weighted by Gasteiger charge is 2.30. The van der Waals surface area contributed by atoms with Crippen LogP contribution in [-0.2, 0) is 4.79 Å². The Morgan fingerprint density at radius 3 is 2.73 bits per heavy atom. The zero-order valence-electron chi connectivity index (χ0n) is 6.55. The average Bonchev–Trinajstić information content (AvgIpc) is 1.94. The van der Waals surface area contributed by atoms with Crippen LogP contribution in [0.2, 0.25) is 0 Å². The van der Waals surface area contributed by atoms with Crippen molar-refractivity contribution < 1.29 is 4.79 Å². The van der Waals surface area contributed by atoms with Crippen LogP contribution in [0.1, 0.15) is 25.7 Å². The summed E-state index contributed by atoms with van der Waals surface area (Å²) < 4.78 is 0. The highest BCUT2D eigenvalue weighted by atomic mass is 16.1. The van der Waals surface area contributed by atoms with Crippen molar-refractivity contribution in [2.24, 2.45) is 11.7 Å². The molecule has 0 saturated heterocycles. The molecule has 1 saturated carbocycles. The normalized spacial score (nSPS) is 28.7. The van der Waals surface area contributed by atoms with Gasteiger partial charge in [-0.2, -0.15) is 0 Å². The van der Waals surface area contributed by atoms with Crippen LogP contribution in [0.4, 0.5) is 0 Å². The van der Waals surface area contributed by atoms with E-state index in [1.165, 1.54) is 0 Å². The van der Waals surface area contributed by atoms with Gasteiger partial charge < -0.3 is 5.73 Å². The van der Waals surface area contributed by atoms with E-state index < -0.39 is 0 Å². The average molecular weight is 151 g/mol. The third-order valence-corrected chi connectivity index (χ3v) is 2.15. The Bertz CT molecular complexity index is 186. The minimum Gasteiger partial charge on any atom is -0.328 e. The van der Waals surface area contributed by atoms with E-state index in [-0.39, 0.29) is 12.0 Å². The van der Waals surface area contributed by atoms with E-state index in [4.69, 9.17) is 12.2 Å². The summed E-state index contributed by atoms with van der Waals surface area (Å²) in [6.07, 6.45) is 7.88. The van der Waals surface area contributed by atoms with Gasteiger partial charge in [0.05, 0.1) is 0 Å². The summed E-state index contributed by atoms with van der Waals surface area (Å²) in [6, 6.07) is 0.259. The van der Waals surface area contributed by atoms with E-state index in [1.807, 2.05) is 0 Å². The zero-order chi connectivity index (χ0) is 8.27. The van der Waals surface area contributed by atoms with Crippen LogP contribution in [0.5, 0.6) is 0 Å². The Morgan fingerprint density at radius 2 is 2.27 bits per heavy atom. The van der Waals surface area contributed by atoms with Crippen molar-refractivity contribution in [3.8, 4) is 12.3 Å². The molecular weight excluding hydrogens is 138 g/mol. The molecule has 60 valence electrons. The third-order valence-electron chi connectivity index (χ3n) is 2.15. The molecular formula is C9H13NO. The number of hydrogen-bond donors (Lipinski definition) is 1. The number of carbonyl (C=O) groups excluding carboxylic acids is 1. The van der Waals surface area contributed by atoms with E-state index >= 15 is 0 Å². The first-order chi connectivity index (χ1) is 5.24. The van der Waals surface area contributed by atoms with Gasteiger partial charge in [0.15, 0.2) is 0 Å². The number of ketones is 1. The maximum Gasteiger partial charge on any atom is 0.137 e. The van der Waals surface area contributed by atoms with Crippen LogP contribution in [-0.4, -0.2) is 11.8 Å². The van der Waals surface area contributed by atoms with Gasteiger partial charge in [-0.15, -0.1) is 12.3 Å². The lowest BCUT2D eigenvalue weighted by Crippen LogP contribution is -2.40.